The lowest BCUT2D eigenvalue weighted by Crippen LogP contribution is -2.41. The van der Waals surface area contributed by atoms with Gasteiger partial charge in [0, 0.05) is 5.02 Å². The van der Waals surface area contributed by atoms with Crippen LogP contribution in [0.25, 0.3) is 10.2 Å². The van der Waals surface area contributed by atoms with Crippen molar-refractivity contribution in [3.05, 3.63) is 58.3 Å². The minimum atomic E-state index is -0.535. The Labute approximate surface area is 166 Å². The van der Waals surface area contributed by atoms with Gasteiger partial charge in [0.15, 0.2) is 0 Å². The van der Waals surface area contributed by atoms with Crippen LogP contribution in [0.4, 0.5) is 10.1 Å². The van der Waals surface area contributed by atoms with Crippen LogP contribution in [0.3, 0.4) is 0 Å². The first-order chi connectivity index (χ1) is 13.0. The molecule has 1 amide bonds. The third kappa shape index (κ3) is 3.70. The van der Waals surface area contributed by atoms with Crippen molar-refractivity contribution in [1.29, 1.82) is 0 Å². The van der Waals surface area contributed by atoms with E-state index in [-0.39, 0.29) is 23.7 Å². The van der Waals surface area contributed by atoms with E-state index in [1.807, 2.05) is 25.1 Å². The number of carbonyl (C=O) groups is 1. The summed E-state index contributed by atoms with van der Waals surface area (Å²) < 4.78 is 15.1. The molecule has 0 radical (unpaired) electrons. The van der Waals surface area contributed by atoms with Gasteiger partial charge in [0.05, 0.1) is 28.0 Å². The first kappa shape index (κ1) is 18.3. The molecule has 3 aromatic rings. The Balaban J connectivity index is 1.53. The largest absolute Gasteiger partial charge is 0.322 e. The maximum absolute atomic E-state index is 14.0. The van der Waals surface area contributed by atoms with Crippen molar-refractivity contribution < 1.29 is 9.18 Å². The summed E-state index contributed by atoms with van der Waals surface area (Å²) in [5.41, 5.74) is 1.14. The average molecular weight is 404 g/mol. The SMILES string of the molecule is CC(C(=O)Nc1ccc(Cl)cc1F)N1CCCC1c1nc2ccccc2s1. The Kier molecular flexibility index (Phi) is 5.12. The molecule has 4 rings (SSSR count). The van der Waals surface area contributed by atoms with E-state index < -0.39 is 5.82 Å². The van der Waals surface area contributed by atoms with Gasteiger partial charge in [-0.15, -0.1) is 11.3 Å². The van der Waals surface area contributed by atoms with Gasteiger partial charge < -0.3 is 5.32 Å². The minimum Gasteiger partial charge on any atom is -0.322 e. The number of carbonyl (C=O) groups excluding carboxylic acids is 1. The topological polar surface area (TPSA) is 45.2 Å². The number of thiazole rings is 1. The molecule has 140 valence electrons. The summed E-state index contributed by atoms with van der Waals surface area (Å²) in [4.78, 5) is 19.6. The lowest BCUT2D eigenvalue weighted by molar-refractivity contribution is -0.121. The summed E-state index contributed by atoms with van der Waals surface area (Å²) in [6.45, 7) is 2.67. The molecule has 1 fully saturated rings. The fourth-order valence-corrected chi connectivity index (χ4v) is 4.81. The first-order valence-corrected chi connectivity index (χ1v) is 10.1. The highest BCUT2D eigenvalue weighted by atomic mass is 35.5. The molecule has 0 spiro atoms. The zero-order valence-electron chi connectivity index (χ0n) is 14.8. The molecule has 0 bridgehead atoms. The van der Waals surface area contributed by atoms with Crippen molar-refractivity contribution in [2.45, 2.75) is 31.8 Å². The number of rotatable bonds is 4. The van der Waals surface area contributed by atoms with Crippen LogP contribution in [0.5, 0.6) is 0 Å². The fraction of sp³-hybridized carbons (Fsp3) is 0.300. The molecule has 2 unspecified atom stereocenters. The van der Waals surface area contributed by atoms with Crippen LogP contribution in [0.2, 0.25) is 5.02 Å². The van der Waals surface area contributed by atoms with Crippen LogP contribution >= 0.6 is 22.9 Å². The molecule has 0 saturated carbocycles. The van der Waals surface area contributed by atoms with Gasteiger partial charge in [-0.2, -0.15) is 0 Å². The number of hydrogen-bond donors (Lipinski definition) is 1. The summed E-state index contributed by atoms with van der Waals surface area (Å²) in [5.74, 6) is -0.767. The summed E-state index contributed by atoms with van der Waals surface area (Å²) in [6.07, 6.45) is 1.97. The van der Waals surface area contributed by atoms with Gasteiger partial charge in [0.2, 0.25) is 5.91 Å². The molecule has 0 aliphatic carbocycles. The predicted molar refractivity (Wildman–Crippen MR) is 108 cm³/mol. The van der Waals surface area contributed by atoms with Crippen LogP contribution in [0, 0.1) is 5.82 Å². The quantitative estimate of drug-likeness (QED) is 0.646. The molecule has 1 saturated heterocycles. The Morgan fingerprint density at radius 2 is 2.19 bits per heavy atom. The molecular weight excluding hydrogens is 385 g/mol. The molecular formula is C20H19ClFN3OS. The fourth-order valence-electron chi connectivity index (χ4n) is 3.53. The van der Waals surface area contributed by atoms with E-state index in [1.54, 1.807) is 17.4 Å². The maximum Gasteiger partial charge on any atom is 0.241 e. The van der Waals surface area contributed by atoms with E-state index >= 15 is 0 Å². The number of hydrogen-bond acceptors (Lipinski definition) is 4. The van der Waals surface area contributed by atoms with Gasteiger partial charge in [0.1, 0.15) is 10.8 Å². The van der Waals surface area contributed by atoms with Crippen molar-refractivity contribution in [3.8, 4) is 0 Å². The van der Waals surface area contributed by atoms with Gasteiger partial charge in [-0.1, -0.05) is 23.7 Å². The zero-order chi connectivity index (χ0) is 19.0. The Bertz CT molecular complexity index is 959. The van der Waals surface area contributed by atoms with Crippen LogP contribution < -0.4 is 5.32 Å². The number of aromatic nitrogens is 1. The van der Waals surface area contributed by atoms with Crippen LogP contribution in [-0.2, 0) is 4.79 Å². The monoisotopic (exact) mass is 403 g/mol. The maximum atomic E-state index is 14.0. The molecule has 2 atom stereocenters. The zero-order valence-corrected chi connectivity index (χ0v) is 16.4. The number of nitrogens with zero attached hydrogens (tertiary/aromatic N) is 2. The van der Waals surface area contributed by atoms with E-state index in [0.29, 0.717) is 5.02 Å². The van der Waals surface area contributed by atoms with Crippen molar-refractivity contribution in [2.75, 3.05) is 11.9 Å². The summed E-state index contributed by atoms with van der Waals surface area (Å²) in [7, 11) is 0. The standard InChI is InChI=1S/C20H19ClFN3OS/c1-12(19(26)23-15-9-8-13(21)11-14(15)22)25-10-4-6-17(25)20-24-16-5-2-3-7-18(16)27-20/h2-3,5,7-9,11-12,17H,4,6,10H2,1H3,(H,23,26). The number of likely N-dealkylation sites (tertiary alicyclic amines) is 1. The Hall–Kier alpha value is -2.02. The molecule has 1 aromatic heterocycles. The van der Waals surface area contributed by atoms with Gasteiger partial charge in [-0.05, 0) is 56.6 Å². The van der Waals surface area contributed by atoms with E-state index in [9.17, 15) is 9.18 Å². The van der Waals surface area contributed by atoms with E-state index in [4.69, 9.17) is 16.6 Å². The average Bonchev–Trinajstić information content (AvgIpc) is 3.29. The van der Waals surface area contributed by atoms with E-state index in [1.165, 1.54) is 12.1 Å². The van der Waals surface area contributed by atoms with Crippen LogP contribution in [0.1, 0.15) is 30.8 Å². The summed E-state index contributed by atoms with van der Waals surface area (Å²) >= 11 is 7.45. The molecule has 1 aliphatic rings. The molecule has 7 heteroatoms. The second-order valence-corrected chi connectivity index (χ2v) is 8.20. The van der Waals surface area contributed by atoms with Gasteiger partial charge in [0.25, 0.3) is 0 Å². The number of fused-ring (bicyclic) bond motifs is 1. The molecule has 27 heavy (non-hydrogen) atoms. The predicted octanol–water partition coefficient (Wildman–Crippen LogP) is 5.25. The Morgan fingerprint density at radius 3 is 2.96 bits per heavy atom. The second kappa shape index (κ2) is 7.54. The number of anilines is 1. The van der Waals surface area contributed by atoms with Gasteiger partial charge in [-0.25, -0.2) is 9.37 Å². The molecule has 2 aromatic carbocycles. The first-order valence-electron chi connectivity index (χ1n) is 8.90. The van der Waals surface area contributed by atoms with Crippen molar-refractivity contribution in [3.63, 3.8) is 0 Å². The lowest BCUT2D eigenvalue weighted by atomic mass is 10.2. The number of benzene rings is 2. The Morgan fingerprint density at radius 1 is 1.37 bits per heavy atom. The highest BCUT2D eigenvalue weighted by Crippen LogP contribution is 2.37. The summed E-state index contributed by atoms with van der Waals surface area (Å²) in [6, 6.07) is 12.0. The van der Waals surface area contributed by atoms with Crippen molar-refractivity contribution >= 4 is 44.7 Å². The molecule has 2 heterocycles. The van der Waals surface area contributed by atoms with Crippen LogP contribution in [0.15, 0.2) is 42.5 Å². The number of para-hydroxylation sites is 1. The third-order valence-corrected chi connectivity index (χ3v) is 6.33. The second-order valence-electron chi connectivity index (χ2n) is 6.71. The number of amides is 1. The molecule has 1 aliphatic heterocycles. The highest BCUT2D eigenvalue weighted by molar-refractivity contribution is 7.18. The van der Waals surface area contributed by atoms with E-state index in [2.05, 4.69) is 16.3 Å². The molecule has 1 N–H and O–H groups in total. The van der Waals surface area contributed by atoms with Gasteiger partial charge in [-0.3, -0.25) is 9.69 Å². The van der Waals surface area contributed by atoms with Crippen molar-refractivity contribution in [1.82, 2.24) is 9.88 Å². The van der Waals surface area contributed by atoms with Crippen molar-refractivity contribution in [2.24, 2.45) is 0 Å². The highest BCUT2D eigenvalue weighted by Gasteiger charge is 2.35. The van der Waals surface area contributed by atoms with E-state index in [0.717, 1.165) is 34.6 Å². The smallest absolute Gasteiger partial charge is 0.241 e. The number of nitrogens with one attached hydrogen (secondary N) is 1. The third-order valence-electron chi connectivity index (χ3n) is 4.96. The normalized spacial score (nSPS) is 18.7. The summed E-state index contributed by atoms with van der Waals surface area (Å²) in [5, 5.41) is 4.01. The minimum absolute atomic E-state index is 0.109. The van der Waals surface area contributed by atoms with Crippen LogP contribution in [-0.4, -0.2) is 28.4 Å². The number of halogens is 2. The molecule has 4 nitrogen and oxygen atoms in total. The lowest BCUT2D eigenvalue weighted by Gasteiger charge is -2.28. The van der Waals surface area contributed by atoms with Gasteiger partial charge >= 0.3 is 0 Å².